The molecule has 2 rings (SSSR count). The van der Waals surface area contributed by atoms with E-state index in [0.717, 1.165) is 6.42 Å². The first-order valence-corrected chi connectivity index (χ1v) is 5.66. The van der Waals surface area contributed by atoms with Crippen molar-refractivity contribution in [1.29, 1.82) is 0 Å². The van der Waals surface area contributed by atoms with Crippen LogP contribution >= 0.6 is 0 Å². The Morgan fingerprint density at radius 1 is 1.00 bits per heavy atom. The second kappa shape index (κ2) is 6.18. The molecule has 1 heterocycles. The Kier molecular flexibility index (Phi) is 4.82. The Morgan fingerprint density at radius 3 is 2.33 bits per heavy atom. The van der Waals surface area contributed by atoms with Gasteiger partial charge in [-0.1, -0.05) is 51.5 Å². The Labute approximate surface area is 92.2 Å². The van der Waals surface area contributed by atoms with Crippen LogP contribution < -0.4 is 0 Å². The van der Waals surface area contributed by atoms with E-state index in [2.05, 4.69) is 56.1 Å². The van der Waals surface area contributed by atoms with Gasteiger partial charge < -0.3 is 0 Å². The third-order valence-corrected chi connectivity index (χ3v) is 2.09. The number of fused-ring (bicyclic) bond motifs is 1. The zero-order valence-corrected chi connectivity index (χ0v) is 9.83. The molecule has 0 radical (unpaired) electrons. The monoisotopic (exact) mass is 201 g/mol. The van der Waals surface area contributed by atoms with Crippen LogP contribution in [0.2, 0.25) is 0 Å². The first kappa shape index (κ1) is 11.7. The molecule has 0 aliphatic carbocycles. The van der Waals surface area contributed by atoms with Gasteiger partial charge >= 0.3 is 0 Å². The highest BCUT2D eigenvalue weighted by atomic mass is 14.7. The topological polar surface area (TPSA) is 12.9 Å². The van der Waals surface area contributed by atoms with Gasteiger partial charge in [0.25, 0.3) is 0 Å². The minimum Gasteiger partial charge on any atom is -0.261 e. The van der Waals surface area contributed by atoms with E-state index in [1.165, 1.54) is 22.9 Å². The Bertz CT molecular complexity index is 402. The fourth-order valence-electron chi connectivity index (χ4n) is 1.46. The van der Waals surface area contributed by atoms with Crippen molar-refractivity contribution in [2.45, 2.75) is 33.6 Å². The van der Waals surface area contributed by atoms with Crippen LogP contribution in [0.3, 0.4) is 0 Å². The predicted molar refractivity (Wildman–Crippen MR) is 67.1 cm³/mol. The summed E-state index contributed by atoms with van der Waals surface area (Å²) in [4.78, 5) is 4.33. The number of rotatable bonds is 1. The molecule has 0 bridgehead atoms. The van der Waals surface area contributed by atoms with Gasteiger partial charge in [0.2, 0.25) is 0 Å². The van der Waals surface area contributed by atoms with Crippen LogP contribution in [0, 0.1) is 0 Å². The summed E-state index contributed by atoms with van der Waals surface area (Å²) in [6.07, 6.45) is 4.13. The van der Waals surface area contributed by atoms with Gasteiger partial charge in [-0.2, -0.15) is 0 Å². The molecule has 0 spiro atoms. The number of pyridine rings is 1. The number of nitrogens with zero attached hydrogens (tertiary/aromatic N) is 1. The fraction of sp³-hybridized carbons (Fsp3) is 0.357. The van der Waals surface area contributed by atoms with Crippen molar-refractivity contribution < 1.29 is 0 Å². The lowest BCUT2D eigenvalue weighted by Gasteiger charge is -2.01. The third kappa shape index (κ3) is 3.05. The van der Waals surface area contributed by atoms with Crippen molar-refractivity contribution >= 4 is 10.8 Å². The molecule has 0 amide bonds. The second-order valence-corrected chi connectivity index (χ2v) is 3.54. The highest BCUT2D eigenvalue weighted by Gasteiger charge is 1.97. The molecule has 0 N–H and O–H groups in total. The predicted octanol–water partition coefficient (Wildman–Crippen LogP) is 4.21. The van der Waals surface area contributed by atoms with Gasteiger partial charge in [0, 0.05) is 17.3 Å². The largest absolute Gasteiger partial charge is 0.261 e. The van der Waals surface area contributed by atoms with Gasteiger partial charge in [-0.3, -0.25) is 4.98 Å². The van der Waals surface area contributed by atoms with Crippen molar-refractivity contribution in [2.75, 3.05) is 0 Å². The molecule has 0 aliphatic rings. The van der Waals surface area contributed by atoms with E-state index in [4.69, 9.17) is 0 Å². The normalized spacial score (nSPS) is 9.53. The maximum absolute atomic E-state index is 4.33. The van der Waals surface area contributed by atoms with Crippen LogP contribution in [0.4, 0.5) is 0 Å². The summed E-state index contributed by atoms with van der Waals surface area (Å²) in [5, 5.41) is 2.56. The molecule has 1 nitrogen and oxygen atoms in total. The number of aromatic nitrogens is 1. The van der Waals surface area contributed by atoms with Crippen LogP contribution in [-0.4, -0.2) is 4.98 Å². The maximum Gasteiger partial charge on any atom is 0.0479 e. The van der Waals surface area contributed by atoms with Crippen LogP contribution in [0.25, 0.3) is 10.8 Å². The molecule has 1 heteroatoms. The lowest BCUT2D eigenvalue weighted by atomic mass is 10.1. The van der Waals surface area contributed by atoms with E-state index in [1.54, 1.807) is 0 Å². The van der Waals surface area contributed by atoms with Crippen LogP contribution in [-0.2, 0) is 6.42 Å². The zero-order valence-electron chi connectivity index (χ0n) is 9.83. The van der Waals surface area contributed by atoms with Crippen molar-refractivity contribution in [2.24, 2.45) is 0 Å². The smallest absolute Gasteiger partial charge is 0.0479 e. The lowest BCUT2D eigenvalue weighted by molar-refractivity contribution is 1.06. The summed E-state index contributed by atoms with van der Waals surface area (Å²) in [6, 6.07) is 10.4. The minimum absolute atomic E-state index is 1.00. The molecule has 0 unspecified atom stereocenters. The molecule has 0 aliphatic heterocycles. The van der Waals surface area contributed by atoms with Gasteiger partial charge in [-0.25, -0.2) is 0 Å². The zero-order chi connectivity index (χ0) is 11.1. The number of hydrogen-bond donors (Lipinski definition) is 0. The Balaban J connectivity index is 0.000000337. The summed E-state index contributed by atoms with van der Waals surface area (Å²) in [7, 11) is 0. The minimum atomic E-state index is 1.00. The third-order valence-electron chi connectivity index (χ3n) is 2.09. The van der Waals surface area contributed by atoms with Crippen molar-refractivity contribution in [3.8, 4) is 0 Å². The van der Waals surface area contributed by atoms with E-state index >= 15 is 0 Å². The molecule has 0 saturated carbocycles. The molecule has 1 aromatic heterocycles. The van der Waals surface area contributed by atoms with Crippen LogP contribution in [0.1, 0.15) is 32.9 Å². The number of aryl methyl sites for hydroxylation is 1. The molecule has 0 saturated heterocycles. The van der Waals surface area contributed by atoms with Gasteiger partial charge in [0.05, 0.1) is 0 Å². The molecule has 15 heavy (non-hydrogen) atoms. The molecule has 80 valence electrons. The first-order chi connectivity index (χ1) is 7.33. The summed E-state index contributed by atoms with van der Waals surface area (Å²) < 4.78 is 0. The molecule has 2 aromatic rings. The first-order valence-electron chi connectivity index (χ1n) is 5.66. The van der Waals surface area contributed by atoms with E-state index < -0.39 is 0 Å². The van der Waals surface area contributed by atoms with Gasteiger partial charge in [-0.05, 0) is 17.9 Å². The molecular weight excluding hydrogens is 182 g/mol. The second-order valence-electron chi connectivity index (χ2n) is 3.54. The van der Waals surface area contributed by atoms with Crippen LogP contribution in [0.5, 0.6) is 0 Å². The van der Waals surface area contributed by atoms with Crippen molar-refractivity contribution in [1.82, 2.24) is 4.98 Å². The summed E-state index contributed by atoms with van der Waals surface area (Å²) in [5.41, 5.74) is 1.19. The average Bonchev–Trinajstić information content (AvgIpc) is 2.29. The molecule has 1 aromatic carbocycles. The summed E-state index contributed by atoms with van der Waals surface area (Å²) in [5.74, 6) is 0. The van der Waals surface area contributed by atoms with Gasteiger partial charge in [-0.15, -0.1) is 0 Å². The summed E-state index contributed by atoms with van der Waals surface area (Å²) >= 11 is 0. The highest BCUT2D eigenvalue weighted by Crippen LogP contribution is 2.15. The van der Waals surface area contributed by atoms with Gasteiger partial charge in [0.1, 0.15) is 0 Å². The van der Waals surface area contributed by atoms with Crippen molar-refractivity contribution in [3.63, 3.8) is 0 Å². The Morgan fingerprint density at radius 2 is 1.67 bits per heavy atom. The maximum atomic E-state index is 4.33. The number of hydrogen-bond acceptors (Lipinski definition) is 1. The standard InChI is InChI=1S/C11H11N.C3H8/c1-2-11-10-6-4-3-5-9(10)7-8-12-11;1-3-2/h3-8H,2H2,1H3;3H2,1-2H3. The van der Waals surface area contributed by atoms with Gasteiger partial charge in [0.15, 0.2) is 0 Å². The molecule has 0 atom stereocenters. The van der Waals surface area contributed by atoms with E-state index in [9.17, 15) is 0 Å². The van der Waals surface area contributed by atoms with E-state index in [-0.39, 0.29) is 0 Å². The molecular formula is C14H19N. The van der Waals surface area contributed by atoms with E-state index in [1.807, 2.05) is 6.20 Å². The fourth-order valence-corrected chi connectivity index (χ4v) is 1.46. The average molecular weight is 201 g/mol. The highest BCUT2D eigenvalue weighted by molar-refractivity contribution is 5.84. The SMILES string of the molecule is CCC.CCc1nccc2ccccc12. The van der Waals surface area contributed by atoms with E-state index in [0.29, 0.717) is 0 Å². The quantitative estimate of drug-likeness (QED) is 0.673. The van der Waals surface area contributed by atoms with Crippen LogP contribution in [0.15, 0.2) is 36.5 Å². The molecule has 0 fully saturated rings. The lowest BCUT2D eigenvalue weighted by Crippen LogP contribution is -1.87. The number of benzene rings is 1. The van der Waals surface area contributed by atoms with Crippen molar-refractivity contribution in [3.05, 3.63) is 42.2 Å². The summed E-state index contributed by atoms with van der Waals surface area (Å²) in [6.45, 7) is 6.38. The Hall–Kier alpha value is -1.37.